The van der Waals surface area contributed by atoms with Gasteiger partial charge >= 0.3 is 5.97 Å². The summed E-state index contributed by atoms with van der Waals surface area (Å²) in [5.41, 5.74) is 1.40. The summed E-state index contributed by atoms with van der Waals surface area (Å²) in [5, 5.41) is 0. The topological polar surface area (TPSA) is 44.8 Å². The van der Waals surface area contributed by atoms with Crippen LogP contribution < -0.4 is 9.47 Å². The second-order valence-corrected chi connectivity index (χ2v) is 5.70. The van der Waals surface area contributed by atoms with Crippen LogP contribution in [0.1, 0.15) is 23.5 Å². The van der Waals surface area contributed by atoms with Gasteiger partial charge in [-0.3, -0.25) is 4.79 Å². The van der Waals surface area contributed by atoms with E-state index < -0.39 is 5.41 Å². The van der Waals surface area contributed by atoms with E-state index in [0.717, 1.165) is 17.5 Å². The molecule has 0 saturated heterocycles. The lowest BCUT2D eigenvalue weighted by Gasteiger charge is -2.18. The molecular formula is C19H20O4. The van der Waals surface area contributed by atoms with E-state index in [-0.39, 0.29) is 11.9 Å². The molecular weight excluding hydrogens is 292 g/mol. The predicted molar refractivity (Wildman–Crippen MR) is 87.0 cm³/mol. The molecule has 1 aliphatic carbocycles. The summed E-state index contributed by atoms with van der Waals surface area (Å²) in [6, 6.07) is 15.7. The fraction of sp³-hybridized carbons (Fsp3) is 0.316. The fourth-order valence-corrected chi connectivity index (χ4v) is 3.31. The molecule has 1 saturated carbocycles. The average Bonchev–Trinajstić information content (AvgIpc) is 3.38. The van der Waals surface area contributed by atoms with Crippen molar-refractivity contribution in [1.82, 2.24) is 0 Å². The molecule has 23 heavy (non-hydrogen) atoms. The van der Waals surface area contributed by atoms with Gasteiger partial charge in [-0.25, -0.2) is 0 Å². The second kappa shape index (κ2) is 5.95. The number of carbonyl (C=O) groups is 1. The summed E-state index contributed by atoms with van der Waals surface area (Å²) in [4.78, 5) is 12.5. The molecule has 0 aliphatic heterocycles. The molecule has 1 fully saturated rings. The molecule has 0 aromatic heterocycles. The molecule has 0 amide bonds. The lowest BCUT2D eigenvalue weighted by molar-refractivity contribution is -0.143. The first-order chi connectivity index (χ1) is 11.2. The summed E-state index contributed by atoms with van der Waals surface area (Å²) < 4.78 is 15.8. The third kappa shape index (κ3) is 2.44. The van der Waals surface area contributed by atoms with Crippen LogP contribution in [0, 0.1) is 0 Å². The van der Waals surface area contributed by atoms with Gasteiger partial charge < -0.3 is 14.2 Å². The molecule has 3 rings (SSSR count). The minimum Gasteiger partial charge on any atom is -0.493 e. The van der Waals surface area contributed by atoms with Crippen LogP contribution in [0.4, 0.5) is 0 Å². The maximum Gasteiger partial charge on any atom is 0.316 e. The van der Waals surface area contributed by atoms with Crippen molar-refractivity contribution >= 4 is 5.97 Å². The van der Waals surface area contributed by atoms with Gasteiger partial charge in [0, 0.05) is 5.92 Å². The van der Waals surface area contributed by atoms with Crippen molar-refractivity contribution in [3.05, 3.63) is 59.7 Å². The van der Waals surface area contributed by atoms with Gasteiger partial charge in [0.25, 0.3) is 0 Å². The van der Waals surface area contributed by atoms with Gasteiger partial charge in [-0.05, 0) is 29.7 Å². The van der Waals surface area contributed by atoms with Gasteiger partial charge in [-0.1, -0.05) is 36.4 Å². The molecule has 0 unspecified atom stereocenters. The summed E-state index contributed by atoms with van der Waals surface area (Å²) in [7, 11) is 4.62. The Morgan fingerprint density at radius 2 is 1.70 bits per heavy atom. The van der Waals surface area contributed by atoms with Gasteiger partial charge in [0.1, 0.15) is 5.41 Å². The molecule has 2 atom stereocenters. The molecule has 2 aromatic rings. The lowest BCUT2D eigenvalue weighted by atomic mass is 9.90. The van der Waals surface area contributed by atoms with E-state index >= 15 is 0 Å². The van der Waals surface area contributed by atoms with E-state index in [1.165, 1.54) is 7.11 Å². The molecule has 0 heterocycles. The number of ether oxygens (including phenoxy) is 3. The van der Waals surface area contributed by atoms with Gasteiger partial charge in [0.05, 0.1) is 21.3 Å². The van der Waals surface area contributed by atoms with E-state index in [2.05, 4.69) is 12.1 Å². The number of hydrogen-bond donors (Lipinski definition) is 0. The summed E-state index contributed by atoms with van der Waals surface area (Å²) in [6.45, 7) is 0. The minimum atomic E-state index is -0.643. The van der Waals surface area contributed by atoms with Crippen LogP contribution in [-0.2, 0) is 14.9 Å². The molecule has 4 nitrogen and oxygen atoms in total. The number of methoxy groups -OCH3 is 3. The smallest absolute Gasteiger partial charge is 0.316 e. The van der Waals surface area contributed by atoms with Crippen LogP contribution >= 0.6 is 0 Å². The Labute approximate surface area is 136 Å². The molecule has 0 spiro atoms. The number of carbonyl (C=O) groups excluding carboxylic acids is 1. The van der Waals surface area contributed by atoms with Crippen LogP contribution in [0.5, 0.6) is 11.5 Å². The molecule has 0 radical (unpaired) electrons. The highest BCUT2D eigenvalue weighted by atomic mass is 16.5. The number of benzene rings is 2. The predicted octanol–water partition coefficient (Wildman–Crippen LogP) is 3.30. The first kappa shape index (κ1) is 15.4. The molecule has 0 N–H and O–H groups in total. The summed E-state index contributed by atoms with van der Waals surface area (Å²) >= 11 is 0. The third-order valence-electron chi connectivity index (χ3n) is 4.61. The molecule has 0 bridgehead atoms. The first-order valence-electron chi connectivity index (χ1n) is 7.53. The fourth-order valence-electron chi connectivity index (χ4n) is 3.31. The minimum absolute atomic E-state index is 0.120. The highest BCUT2D eigenvalue weighted by molar-refractivity contribution is 5.89. The van der Waals surface area contributed by atoms with E-state index in [1.807, 2.05) is 36.4 Å². The Hall–Kier alpha value is -2.49. The van der Waals surface area contributed by atoms with Gasteiger partial charge in [-0.2, -0.15) is 0 Å². The van der Waals surface area contributed by atoms with Crippen LogP contribution in [0.25, 0.3) is 0 Å². The monoisotopic (exact) mass is 312 g/mol. The zero-order valence-electron chi connectivity index (χ0n) is 13.5. The normalized spacial score (nSPS) is 22.3. The second-order valence-electron chi connectivity index (χ2n) is 5.70. The molecule has 120 valence electrons. The van der Waals surface area contributed by atoms with E-state index in [0.29, 0.717) is 11.5 Å². The van der Waals surface area contributed by atoms with Crippen LogP contribution in [0.3, 0.4) is 0 Å². The molecule has 1 aliphatic rings. The van der Waals surface area contributed by atoms with Gasteiger partial charge in [0.15, 0.2) is 11.5 Å². The maximum atomic E-state index is 12.5. The van der Waals surface area contributed by atoms with Crippen molar-refractivity contribution in [2.75, 3.05) is 21.3 Å². The van der Waals surface area contributed by atoms with Crippen molar-refractivity contribution in [3.8, 4) is 11.5 Å². The molecule has 4 heteroatoms. The zero-order chi connectivity index (χ0) is 16.4. The van der Waals surface area contributed by atoms with E-state index in [1.54, 1.807) is 14.2 Å². The molecule has 2 aromatic carbocycles. The quantitative estimate of drug-likeness (QED) is 0.795. The first-order valence-corrected chi connectivity index (χ1v) is 7.53. The van der Waals surface area contributed by atoms with Crippen molar-refractivity contribution < 1.29 is 19.0 Å². The highest BCUT2D eigenvalue weighted by Gasteiger charge is 2.62. The number of rotatable bonds is 5. The summed E-state index contributed by atoms with van der Waals surface area (Å²) in [6.07, 6.45) is 0.735. The summed E-state index contributed by atoms with van der Waals surface area (Å²) in [5.74, 6) is 1.17. The Morgan fingerprint density at radius 3 is 2.30 bits per heavy atom. The van der Waals surface area contributed by atoms with Crippen LogP contribution in [0.15, 0.2) is 48.5 Å². The Morgan fingerprint density at radius 1 is 1.00 bits per heavy atom. The van der Waals surface area contributed by atoms with Crippen molar-refractivity contribution in [2.24, 2.45) is 0 Å². The van der Waals surface area contributed by atoms with Gasteiger partial charge in [-0.15, -0.1) is 0 Å². The van der Waals surface area contributed by atoms with Crippen LogP contribution in [0.2, 0.25) is 0 Å². The zero-order valence-corrected chi connectivity index (χ0v) is 13.5. The van der Waals surface area contributed by atoms with Gasteiger partial charge in [0.2, 0.25) is 0 Å². The SMILES string of the molecule is COC(=O)[C@@]1(c2ccc(OC)c(OC)c2)C[C@@H]1c1ccccc1. The van der Waals surface area contributed by atoms with Crippen molar-refractivity contribution in [3.63, 3.8) is 0 Å². The lowest BCUT2D eigenvalue weighted by Crippen LogP contribution is -2.24. The van der Waals surface area contributed by atoms with E-state index in [4.69, 9.17) is 14.2 Å². The number of hydrogen-bond acceptors (Lipinski definition) is 4. The van der Waals surface area contributed by atoms with Crippen LogP contribution in [-0.4, -0.2) is 27.3 Å². The average molecular weight is 312 g/mol. The highest BCUT2D eigenvalue weighted by Crippen LogP contribution is 2.61. The maximum absolute atomic E-state index is 12.5. The Bertz CT molecular complexity index is 711. The Balaban J connectivity index is 2.04. The van der Waals surface area contributed by atoms with E-state index in [9.17, 15) is 4.79 Å². The third-order valence-corrected chi connectivity index (χ3v) is 4.61. The Kier molecular flexibility index (Phi) is 3.99. The van der Waals surface area contributed by atoms with Crippen molar-refractivity contribution in [1.29, 1.82) is 0 Å². The number of esters is 1. The van der Waals surface area contributed by atoms with Crippen molar-refractivity contribution in [2.45, 2.75) is 17.8 Å². The largest absolute Gasteiger partial charge is 0.493 e. The standard InChI is InChI=1S/C19H20O4/c1-21-16-10-9-14(11-17(16)22-2)19(18(20)23-3)12-15(19)13-7-5-4-6-8-13/h4-11,15H,12H2,1-3H3/t15-,19-/m1/s1.